The molecule has 1 N–H and O–H groups in total. The normalized spacial score (nSPS) is 22.5. The number of hydrogen-bond donors (Lipinski definition) is 1. The van der Waals surface area contributed by atoms with Crippen LogP contribution in [0.5, 0.6) is 0 Å². The number of aryl methyl sites for hydroxylation is 2. The number of likely N-dealkylation sites (tertiary alicyclic amines) is 2. The number of piperidine rings is 2. The summed E-state index contributed by atoms with van der Waals surface area (Å²) in [6, 6.07) is 5.98. The highest BCUT2D eigenvalue weighted by atomic mass is 35.5. The van der Waals surface area contributed by atoms with Crippen molar-refractivity contribution in [3.8, 4) is 0 Å². The van der Waals surface area contributed by atoms with Gasteiger partial charge in [-0.05, 0) is 71.2 Å². The van der Waals surface area contributed by atoms with Crippen molar-refractivity contribution < 1.29 is 9.59 Å². The third-order valence-corrected chi connectivity index (χ3v) is 5.85. The van der Waals surface area contributed by atoms with E-state index in [1.165, 1.54) is 6.42 Å². The highest BCUT2D eigenvalue weighted by molar-refractivity contribution is 5.95. The lowest BCUT2D eigenvalue weighted by molar-refractivity contribution is -0.138. The zero-order chi connectivity index (χ0) is 19.4. The van der Waals surface area contributed by atoms with Crippen molar-refractivity contribution in [1.29, 1.82) is 0 Å². The summed E-state index contributed by atoms with van der Waals surface area (Å²) in [7, 11) is 1.97. The van der Waals surface area contributed by atoms with Crippen molar-refractivity contribution in [3.63, 3.8) is 0 Å². The molecular formula is C22H34ClN3O2. The van der Waals surface area contributed by atoms with Crippen molar-refractivity contribution in [3.05, 3.63) is 34.9 Å². The first kappa shape index (κ1) is 22.7. The molecule has 156 valence electrons. The quantitative estimate of drug-likeness (QED) is 0.834. The summed E-state index contributed by atoms with van der Waals surface area (Å²) in [6.07, 6.45) is 4.06. The Kier molecular flexibility index (Phi) is 8.32. The number of hydrogen-bond acceptors (Lipinski definition) is 3. The summed E-state index contributed by atoms with van der Waals surface area (Å²) in [5.74, 6) is 0.797. The van der Waals surface area contributed by atoms with Crippen LogP contribution in [-0.4, -0.2) is 61.4 Å². The number of carbonyl (C=O) groups is 2. The number of benzene rings is 1. The molecule has 3 rings (SSSR count). The molecule has 1 aromatic rings. The van der Waals surface area contributed by atoms with Crippen LogP contribution < -0.4 is 5.32 Å². The molecule has 28 heavy (non-hydrogen) atoms. The summed E-state index contributed by atoms with van der Waals surface area (Å²) >= 11 is 0. The van der Waals surface area contributed by atoms with Gasteiger partial charge in [0.2, 0.25) is 5.91 Å². The lowest BCUT2D eigenvalue weighted by Crippen LogP contribution is -2.50. The fourth-order valence-corrected chi connectivity index (χ4v) is 4.62. The maximum absolute atomic E-state index is 13.1. The molecule has 2 atom stereocenters. The summed E-state index contributed by atoms with van der Waals surface area (Å²) in [4.78, 5) is 30.0. The lowest BCUT2D eigenvalue weighted by atomic mass is 9.92. The van der Waals surface area contributed by atoms with Gasteiger partial charge in [-0.3, -0.25) is 9.59 Å². The van der Waals surface area contributed by atoms with Gasteiger partial charge in [0, 0.05) is 31.7 Å². The van der Waals surface area contributed by atoms with E-state index < -0.39 is 0 Å². The van der Waals surface area contributed by atoms with E-state index in [9.17, 15) is 9.59 Å². The molecule has 2 fully saturated rings. The Morgan fingerprint density at radius 1 is 1.00 bits per heavy atom. The van der Waals surface area contributed by atoms with Crippen LogP contribution in [0.4, 0.5) is 0 Å². The number of nitrogens with one attached hydrogen (secondary N) is 1. The second-order valence-electron chi connectivity index (χ2n) is 8.32. The van der Waals surface area contributed by atoms with Crippen LogP contribution in [0.15, 0.2) is 18.2 Å². The third kappa shape index (κ3) is 5.48. The average Bonchev–Trinajstić information content (AvgIpc) is 2.66. The molecule has 0 aromatic heterocycles. The number of carbonyl (C=O) groups excluding carboxylic acids is 2. The van der Waals surface area contributed by atoms with Gasteiger partial charge in [0.15, 0.2) is 0 Å². The molecule has 2 heterocycles. The molecule has 2 aliphatic heterocycles. The molecule has 2 unspecified atom stereocenters. The largest absolute Gasteiger partial charge is 0.342 e. The first-order valence-electron chi connectivity index (χ1n) is 10.3. The Morgan fingerprint density at radius 3 is 2.32 bits per heavy atom. The second kappa shape index (κ2) is 10.3. The zero-order valence-corrected chi connectivity index (χ0v) is 18.2. The van der Waals surface area contributed by atoms with E-state index in [1.54, 1.807) is 0 Å². The molecule has 6 heteroatoms. The Balaban J connectivity index is 0.00000280. The van der Waals surface area contributed by atoms with Crippen LogP contribution in [-0.2, 0) is 4.79 Å². The van der Waals surface area contributed by atoms with Gasteiger partial charge in [-0.1, -0.05) is 17.2 Å². The van der Waals surface area contributed by atoms with Gasteiger partial charge in [0.05, 0.1) is 5.92 Å². The van der Waals surface area contributed by atoms with Crippen molar-refractivity contribution in [2.45, 2.75) is 39.5 Å². The number of amides is 2. The van der Waals surface area contributed by atoms with Crippen LogP contribution in [0.1, 0.15) is 47.2 Å². The summed E-state index contributed by atoms with van der Waals surface area (Å²) in [6.45, 7) is 8.01. The molecular weight excluding hydrogens is 374 g/mol. The molecule has 2 saturated heterocycles. The molecule has 0 aliphatic carbocycles. The van der Waals surface area contributed by atoms with Crippen LogP contribution in [0.2, 0.25) is 0 Å². The van der Waals surface area contributed by atoms with E-state index in [1.807, 2.05) is 42.8 Å². The van der Waals surface area contributed by atoms with Gasteiger partial charge in [0.25, 0.3) is 5.91 Å². The lowest BCUT2D eigenvalue weighted by Gasteiger charge is -2.38. The Bertz CT molecular complexity index is 672. The topological polar surface area (TPSA) is 52.7 Å². The first-order chi connectivity index (χ1) is 13.0. The smallest absolute Gasteiger partial charge is 0.253 e. The molecule has 5 nitrogen and oxygen atoms in total. The van der Waals surface area contributed by atoms with Gasteiger partial charge in [-0.2, -0.15) is 0 Å². The summed E-state index contributed by atoms with van der Waals surface area (Å²) in [5.41, 5.74) is 2.95. The van der Waals surface area contributed by atoms with E-state index >= 15 is 0 Å². The van der Waals surface area contributed by atoms with E-state index in [0.717, 1.165) is 62.1 Å². The summed E-state index contributed by atoms with van der Waals surface area (Å²) < 4.78 is 0. The highest BCUT2D eigenvalue weighted by Gasteiger charge is 2.33. The molecule has 0 bridgehead atoms. The van der Waals surface area contributed by atoms with Crippen LogP contribution in [0.25, 0.3) is 0 Å². The predicted octanol–water partition coefficient (Wildman–Crippen LogP) is 3.04. The minimum Gasteiger partial charge on any atom is -0.342 e. The second-order valence-corrected chi connectivity index (χ2v) is 8.32. The zero-order valence-electron chi connectivity index (χ0n) is 17.4. The van der Waals surface area contributed by atoms with Crippen molar-refractivity contribution >= 4 is 24.2 Å². The highest BCUT2D eigenvalue weighted by Crippen LogP contribution is 2.24. The van der Waals surface area contributed by atoms with Crippen molar-refractivity contribution in [2.75, 3.05) is 39.8 Å². The van der Waals surface area contributed by atoms with Gasteiger partial charge in [0.1, 0.15) is 0 Å². The predicted molar refractivity (Wildman–Crippen MR) is 115 cm³/mol. The third-order valence-electron chi connectivity index (χ3n) is 5.85. The standard InChI is InChI=1S/C22H33N3O2.ClH/c1-16-10-17(2)12-20(11-16)22(27)25-9-5-7-19(15-25)21(26)24-8-4-6-18(14-24)13-23-3;/h10-12,18-19,23H,4-9,13-15H2,1-3H3;1H. The van der Waals surface area contributed by atoms with Crippen molar-refractivity contribution in [1.82, 2.24) is 15.1 Å². The van der Waals surface area contributed by atoms with Gasteiger partial charge in [-0.15, -0.1) is 12.4 Å². The van der Waals surface area contributed by atoms with Crippen LogP contribution in [0, 0.1) is 25.7 Å². The first-order valence-corrected chi connectivity index (χ1v) is 10.3. The number of nitrogens with zero attached hydrogens (tertiary/aromatic N) is 2. The monoisotopic (exact) mass is 407 g/mol. The van der Waals surface area contributed by atoms with E-state index in [4.69, 9.17) is 0 Å². The minimum absolute atomic E-state index is 0. The Hall–Kier alpha value is -1.59. The molecule has 1 aromatic carbocycles. The van der Waals surface area contributed by atoms with Gasteiger partial charge < -0.3 is 15.1 Å². The van der Waals surface area contributed by atoms with E-state index in [2.05, 4.69) is 11.4 Å². The number of halogens is 1. The molecule has 0 saturated carbocycles. The summed E-state index contributed by atoms with van der Waals surface area (Å²) in [5, 5.41) is 3.23. The Labute approximate surface area is 175 Å². The maximum Gasteiger partial charge on any atom is 0.253 e. The number of rotatable bonds is 4. The molecule has 0 radical (unpaired) electrons. The molecule has 2 amide bonds. The molecule has 2 aliphatic rings. The fourth-order valence-electron chi connectivity index (χ4n) is 4.62. The van der Waals surface area contributed by atoms with Crippen LogP contribution >= 0.6 is 12.4 Å². The van der Waals surface area contributed by atoms with Gasteiger partial charge in [-0.25, -0.2) is 0 Å². The van der Waals surface area contributed by atoms with E-state index in [-0.39, 0.29) is 30.1 Å². The van der Waals surface area contributed by atoms with Crippen LogP contribution in [0.3, 0.4) is 0 Å². The Morgan fingerprint density at radius 2 is 1.64 bits per heavy atom. The van der Waals surface area contributed by atoms with Gasteiger partial charge >= 0.3 is 0 Å². The molecule has 0 spiro atoms. The SMILES string of the molecule is CNCC1CCCN(C(=O)C2CCCN(C(=O)c3cc(C)cc(C)c3)C2)C1.Cl. The van der Waals surface area contributed by atoms with E-state index in [0.29, 0.717) is 12.5 Å². The van der Waals surface area contributed by atoms with Crippen molar-refractivity contribution in [2.24, 2.45) is 11.8 Å². The average molecular weight is 408 g/mol. The fraction of sp³-hybridized carbons (Fsp3) is 0.636. The minimum atomic E-state index is -0.0538. The maximum atomic E-state index is 13.1.